The number of primary amides is 1. The average molecular weight is 362 g/mol. The van der Waals surface area contributed by atoms with Crippen molar-refractivity contribution in [1.82, 2.24) is 14.3 Å². The van der Waals surface area contributed by atoms with E-state index < -0.39 is 35.8 Å². The van der Waals surface area contributed by atoms with Crippen molar-refractivity contribution in [3.8, 4) is 0 Å². The second-order valence-corrected chi connectivity index (χ2v) is 7.01. The number of nitrogens with zero attached hydrogens (tertiary/aromatic N) is 3. The molecule has 0 saturated carbocycles. The number of β-lactam (4-membered cyclic amide) rings is 1. The molecule has 0 aromatic carbocycles. The Morgan fingerprint density at radius 3 is 2.80 bits per heavy atom. The SMILES string of the molecule is C[C@@H](O)[C@H]1C(=O)N2C(C(=O)O)=C(c3csc4cnc(C(N)=O)n34)C[C@H]12. The Hall–Kier alpha value is -2.72. The van der Waals surface area contributed by atoms with Gasteiger partial charge in [-0.05, 0) is 13.3 Å². The van der Waals surface area contributed by atoms with Crippen molar-refractivity contribution in [3.05, 3.63) is 28.8 Å². The van der Waals surface area contributed by atoms with Gasteiger partial charge >= 0.3 is 5.97 Å². The lowest BCUT2D eigenvalue weighted by molar-refractivity contribution is -0.161. The van der Waals surface area contributed by atoms with E-state index in [1.807, 2.05) is 0 Å². The smallest absolute Gasteiger partial charge is 0.352 e. The summed E-state index contributed by atoms with van der Waals surface area (Å²) < 4.78 is 1.51. The highest BCUT2D eigenvalue weighted by Crippen LogP contribution is 2.47. The van der Waals surface area contributed by atoms with E-state index in [0.717, 1.165) is 0 Å². The highest BCUT2D eigenvalue weighted by Gasteiger charge is 2.57. The molecule has 2 aliphatic rings. The van der Waals surface area contributed by atoms with Gasteiger partial charge in [0.25, 0.3) is 5.91 Å². The lowest BCUT2D eigenvalue weighted by Crippen LogP contribution is -2.61. The molecular formula is C15H14N4O5S. The first-order valence-corrected chi connectivity index (χ1v) is 8.43. The van der Waals surface area contributed by atoms with E-state index in [1.165, 1.54) is 33.8 Å². The zero-order valence-corrected chi connectivity index (χ0v) is 13.9. The van der Waals surface area contributed by atoms with E-state index in [1.54, 1.807) is 5.38 Å². The summed E-state index contributed by atoms with van der Waals surface area (Å²) in [5.74, 6) is -2.97. The average Bonchev–Trinajstić information content (AvgIpc) is 3.16. The van der Waals surface area contributed by atoms with E-state index in [-0.39, 0.29) is 17.9 Å². The topological polar surface area (TPSA) is 138 Å². The summed E-state index contributed by atoms with van der Waals surface area (Å²) in [7, 11) is 0. The number of thiazole rings is 1. The number of aliphatic carboxylic acids is 1. The van der Waals surface area contributed by atoms with Gasteiger partial charge < -0.3 is 20.8 Å². The van der Waals surface area contributed by atoms with Crippen LogP contribution < -0.4 is 5.73 Å². The van der Waals surface area contributed by atoms with E-state index in [4.69, 9.17) is 5.73 Å². The van der Waals surface area contributed by atoms with Gasteiger partial charge in [-0.25, -0.2) is 9.78 Å². The first kappa shape index (κ1) is 15.8. The van der Waals surface area contributed by atoms with Crippen molar-refractivity contribution < 1.29 is 24.6 Å². The van der Waals surface area contributed by atoms with Crippen molar-refractivity contribution in [1.29, 1.82) is 0 Å². The van der Waals surface area contributed by atoms with Crippen LogP contribution in [-0.2, 0) is 9.59 Å². The number of hydrogen-bond acceptors (Lipinski definition) is 6. The quantitative estimate of drug-likeness (QED) is 0.649. The number of hydrogen-bond donors (Lipinski definition) is 3. The van der Waals surface area contributed by atoms with Crippen LogP contribution in [0.1, 0.15) is 29.7 Å². The monoisotopic (exact) mass is 362 g/mol. The van der Waals surface area contributed by atoms with Crippen LogP contribution in [0, 0.1) is 5.92 Å². The number of nitrogens with two attached hydrogens (primary N) is 1. The molecule has 25 heavy (non-hydrogen) atoms. The van der Waals surface area contributed by atoms with Gasteiger partial charge in [-0.15, -0.1) is 11.3 Å². The molecule has 0 radical (unpaired) electrons. The van der Waals surface area contributed by atoms with Crippen LogP contribution in [0.2, 0.25) is 0 Å². The summed E-state index contributed by atoms with van der Waals surface area (Å²) in [4.78, 5) is 41.5. The summed E-state index contributed by atoms with van der Waals surface area (Å²) in [6.45, 7) is 1.52. The molecule has 130 valence electrons. The summed E-state index contributed by atoms with van der Waals surface area (Å²) in [6, 6.07) is -0.399. The van der Waals surface area contributed by atoms with Crippen LogP contribution in [0.5, 0.6) is 0 Å². The number of carbonyl (C=O) groups is 3. The fourth-order valence-corrected chi connectivity index (χ4v) is 4.58. The number of rotatable bonds is 4. The van der Waals surface area contributed by atoms with Crippen molar-refractivity contribution in [2.24, 2.45) is 11.7 Å². The molecule has 2 aliphatic heterocycles. The number of amides is 2. The predicted molar refractivity (Wildman–Crippen MR) is 86.6 cm³/mol. The molecule has 0 aliphatic carbocycles. The molecule has 4 rings (SSSR count). The zero-order chi connectivity index (χ0) is 18.0. The molecule has 4 N–H and O–H groups in total. The highest BCUT2D eigenvalue weighted by atomic mass is 32.1. The van der Waals surface area contributed by atoms with Crippen molar-refractivity contribution >= 4 is 39.5 Å². The number of aromatic nitrogens is 2. The molecule has 10 heteroatoms. The van der Waals surface area contributed by atoms with Crippen LogP contribution in [0.25, 0.3) is 10.4 Å². The third-order valence-corrected chi connectivity index (χ3v) is 5.59. The predicted octanol–water partition coefficient (Wildman–Crippen LogP) is -0.0981. The van der Waals surface area contributed by atoms with E-state index in [9.17, 15) is 24.6 Å². The summed E-state index contributed by atoms with van der Waals surface area (Å²) in [5, 5.41) is 21.1. The molecule has 2 aromatic heterocycles. The molecular weight excluding hydrogens is 348 g/mol. The summed E-state index contributed by atoms with van der Waals surface area (Å²) in [5.41, 5.74) is 6.15. The van der Waals surface area contributed by atoms with Gasteiger partial charge in [-0.2, -0.15) is 0 Å². The third-order valence-electron chi connectivity index (χ3n) is 4.72. The molecule has 1 fully saturated rings. The highest BCUT2D eigenvalue weighted by molar-refractivity contribution is 7.15. The normalized spacial score (nSPS) is 23.8. The second-order valence-electron chi connectivity index (χ2n) is 6.12. The Labute approximate surface area is 145 Å². The Bertz CT molecular complexity index is 972. The van der Waals surface area contributed by atoms with E-state index in [2.05, 4.69) is 4.98 Å². The van der Waals surface area contributed by atoms with Crippen LogP contribution in [0.15, 0.2) is 17.3 Å². The summed E-state index contributed by atoms with van der Waals surface area (Å²) >= 11 is 1.30. The number of carboxylic acids is 1. The fourth-order valence-electron chi connectivity index (χ4n) is 3.70. The lowest BCUT2D eigenvalue weighted by Gasteiger charge is -2.44. The molecule has 0 unspecified atom stereocenters. The molecule has 9 nitrogen and oxygen atoms in total. The Morgan fingerprint density at radius 2 is 2.20 bits per heavy atom. The van der Waals surface area contributed by atoms with Gasteiger partial charge in [0.1, 0.15) is 10.5 Å². The van der Waals surface area contributed by atoms with Crippen molar-refractivity contribution in [2.75, 3.05) is 0 Å². The third kappa shape index (κ3) is 1.98. The van der Waals surface area contributed by atoms with Gasteiger partial charge in [-0.3, -0.25) is 14.0 Å². The molecule has 0 bridgehead atoms. The minimum Gasteiger partial charge on any atom is -0.477 e. The fraction of sp³-hybridized carbons (Fsp3) is 0.333. The largest absolute Gasteiger partial charge is 0.477 e. The zero-order valence-electron chi connectivity index (χ0n) is 13.0. The van der Waals surface area contributed by atoms with E-state index >= 15 is 0 Å². The number of carbonyl (C=O) groups excluding carboxylic acids is 2. The van der Waals surface area contributed by atoms with Crippen LogP contribution in [0.3, 0.4) is 0 Å². The molecule has 3 atom stereocenters. The van der Waals surface area contributed by atoms with Crippen LogP contribution in [0.4, 0.5) is 0 Å². The maximum Gasteiger partial charge on any atom is 0.352 e. The molecule has 1 saturated heterocycles. The Kier molecular flexibility index (Phi) is 3.24. The minimum absolute atomic E-state index is 0.0103. The first-order chi connectivity index (χ1) is 11.8. The van der Waals surface area contributed by atoms with Gasteiger partial charge in [0.15, 0.2) is 0 Å². The number of aliphatic hydroxyl groups is 1. The van der Waals surface area contributed by atoms with Crippen LogP contribution in [-0.4, -0.2) is 54.4 Å². The summed E-state index contributed by atoms with van der Waals surface area (Å²) in [6.07, 6.45) is 0.911. The second kappa shape index (κ2) is 5.14. The van der Waals surface area contributed by atoms with Gasteiger partial charge in [0, 0.05) is 11.0 Å². The van der Waals surface area contributed by atoms with Gasteiger partial charge in [0.2, 0.25) is 11.7 Å². The standard InChI is InChI=1S/C15H14N4O5S/c1-5(20)10-7-2-6(11(15(23)24)19(7)14(10)22)8-4-25-9-3-17-13(12(16)21)18(8)9/h3-5,7,10,20H,2H2,1H3,(H2,16,21)(H,23,24)/t5-,7-,10-/m1/s1. The molecule has 4 heterocycles. The minimum atomic E-state index is -1.23. The lowest BCUT2D eigenvalue weighted by atomic mass is 9.83. The maximum atomic E-state index is 12.3. The first-order valence-electron chi connectivity index (χ1n) is 7.55. The molecule has 2 aromatic rings. The number of fused-ring (bicyclic) bond motifs is 2. The van der Waals surface area contributed by atoms with E-state index in [0.29, 0.717) is 16.1 Å². The number of imidazole rings is 1. The number of aliphatic hydroxyl groups excluding tert-OH is 1. The maximum absolute atomic E-state index is 12.3. The van der Waals surface area contributed by atoms with Gasteiger partial charge in [0.05, 0.1) is 30.0 Å². The Morgan fingerprint density at radius 1 is 1.48 bits per heavy atom. The molecule has 2 amide bonds. The van der Waals surface area contributed by atoms with Gasteiger partial charge in [-0.1, -0.05) is 0 Å². The molecule has 0 spiro atoms. The van der Waals surface area contributed by atoms with Crippen LogP contribution >= 0.6 is 11.3 Å². The van der Waals surface area contributed by atoms with Crippen molar-refractivity contribution in [2.45, 2.75) is 25.5 Å². The van der Waals surface area contributed by atoms with Crippen molar-refractivity contribution in [3.63, 3.8) is 0 Å². The number of carboxylic acid groups (broad SMARTS) is 1. The Balaban J connectivity index is 1.88.